The maximum Gasteiger partial charge on any atom is 0.240 e. The number of piperidine rings is 1. The lowest BCUT2D eigenvalue weighted by atomic mass is 10.0. The van der Waals surface area contributed by atoms with E-state index in [1.165, 1.54) is 0 Å². The molecular formula is C19H21BrN2O3S. The molecule has 1 N–H and O–H groups in total. The molecule has 1 fully saturated rings. The zero-order chi connectivity index (χ0) is 18.6. The van der Waals surface area contributed by atoms with Crippen LogP contribution in [0.15, 0.2) is 64.0 Å². The minimum Gasteiger partial charge on any atom is -0.342 e. The molecule has 0 aliphatic carbocycles. The Morgan fingerprint density at radius 1 is 1.04 bits per heavy atom. The lowest BCUT2D eigenvalue weighted by Gasteiger charge is -2.32. The minimum absolute atomic E-state index is 0.0883. The van der Waals surface area contributed by atoms with Crippen molar-refractivity contribution in [2.75, 3.05) is 13.1 Å². The molecule has 1 saturated heterocycles. The summed E-state index contributed by atoms with van der Waals surface area (Å²) in [5.74, 6) is 0.0883. The second-order valence-corrected chi connectivity index (χ2v) is 9.02. The second kappa shape index (κ2) is 8.33. The van der Waals surface area contributed by atoms with E-state index in [2.05, 4.69) is 20.7 Å². The molecule has 0 spiro atoms. The van der Waals surface area contributed by atoms with Gasteiger partial charge in [-0.15, -0.1) is 0 Å². The van der Waals surface area contributed by atoms with Gasteiger partial charge in [-0.1, -0.05) is 46.3 Å². The Morgan fingerprint density at radius 2 is 1.65 bits per heavy atom. The topological polar surface area (TPSA) is 66.5 Å². The monoisotopic (exact) mass is 436 g/mol. The first-order valence-corrected chi connectivity index (χ1v) is 10.8. The number of likely N-dealkylation sites (tertiary alicyclic amines) is 1. The summed E-state index contributed by atoms with van der Waals surface area (Å²) in [4.78, 5) is 14.5. The summed E-state index contributed by atoms with van der Waals surface area (Å²) in [6.07, 6.45) is 1.63. The molecule has 0 radical (unpaired) electrons. The van der Waals surface area contributed by atoms with Gasteiger partial charge in [0.1, 0.15) is 0 Å². The summed E-state index contributed by atoms with van der Waals surface area (Å²) in [6, 6.07) is 16.1. The molecule has 1 aliphatic heterocycles. The van der Waals surface area contributed by atoms with Crippen LogP contribution in [0.5, 0.6) is 0 Å². The van der Waals surface area contributed by atoms with E-state index in [0.29, 0.717) is 32.4 Å². The van der Waals surface area contributed by atoms with E-state index in [4.69, 9.17) is 0 Å². The van der Waals surface area contributed by atoms with Crippen LogP contribution in [0.3, 0.4) is 0 Å². The fourth-order valence-corrected chi connectivity index (χ4v) is 4.60. The Hall–Kier alpha value is -1.70. The van der Waals surface area contributed by atoms with Crippen LogP contribution in [0.4, 0.5) is 0 Å². The van der Waals surface area contributed by atoms with Crippen molar-refractivity contribution in [1.82, 2.24) is 9.62 Å². The van der Waals surface area contributed by atoms with Crippen molar-refractivity contribution >= 4 is 31.9 Å². The van der Waals surface area contributed by atoms with Crippen molar-refractivity contribution in [3.05, 3.63) is 64.6 Å². The molecule has 3 rings (SSSR count). The number of benzene rings is 2. The summed E-state index contributed by atoms with van der Waals surface area (Å²) >= 11 is 3.30. The number of halogens is 1. The number of nitrogens with one attached hydrogen (secondary N) is 1. The van der Waals surface area contributed by atoms with Crippen molar-refractivity contribution in [1.29, 1.82) is 0 Å². The second-order valence-electron chi connectivity index (χ2n) is 6.39. The van der Waals surface area contributed by atoms with Crippen LogP contribution < -0.4 is 4.72 Å². The molecule has 1 amide bonds. The van der Waals surface area contributed by atoms with Crippen LogP contribution in [-0.4, -0.2) is 38.4 Å². The highest BCUT2D eigenvalue weighted by Crippen LogP contribution is 2.18. The van der Waals surface area contributed by atoms with Gasteiger partial charge in [0.15, 0.2) is 0 Å². The molecule has 0 bridgehead atoms. The number of carbonyl (C=O) groups excluding carboxylic acids is 1. The number of hydrogen-bond acceptors (Lipinski definition) is 3. The third-order valence-corrected chi connectivity index (χ3v) is 6.56. The summed E-state index contributed by atoms with van der Waals surface area (Å²) < 4.78 is 28.5. The molecular weight excluding hydrogens is 416 g/mol. The van der Waals surface area contributed by atoms with Gasteiger partial charge in [0.25, 0.3) is 0 Å². The lowest BCUT2D eigenvalue weighted by Crippen LogP contribution is -2.46. The molecule has 1 heterocycles. The molecule has 1 aliphatic rings. The maximum absolute atomic E-state index is 12.5. The van der Waals surface area contributed by atoms with Gasteiger partial charge < -0.3 is 4.90 Å². The summed E-state index contributed by atoms with van der Waals surface area (Å²) in [6.45, 7) is 1.14. The van der Waals surface area contributed by atoms with E-state index < -0.39 is 10.0 Å². The summed E-state index contributed by atoms with van der Waals surface area (Å²) in [5.41, 5.74) is 0.996. The molecule has 0 saturated carbocycles. The SMILES string of the molecule is O=C(Cc1ccccc1)N1CCC(NS(=O)(=O)c2ccc(Br)cc2)CC1. The number of hydrogen-bond donors (Lipinski definition) is 1. The molecule has 26 heavy (non-hydrogen) atoms. The van der Waals surface area contributed by atoms with Crippen LogP contribution in [-0.2, 0) is 21.2 Å². The molecule has 5 nitrogen and oxygen atoms in total. The van der Waals surface area contributed by atoms with Crippen molar-refractivity contribution in [3.8, 4) is 0 Å². The quantitative estimate of drug-likeness (QED) is 0.783. The average Bonchev–Trinajstić information content (AvgIpc) is 2.63. The molecule has 7 heteroatoms. The number of amides is 1. The van der Waals surface area contributed by atoms with Gasteiger partial charge in [-0.3, -0.25) is 4.79 Å². The highest BCUT2D eigenvalue weighted by Gasteiger charge is 2.26. The smallest absolute Gasteiger partial charge is 0.240 e. The molecule has 2 aromatic carbocycles. The van der Waals surface area contributed by atoms with Gasteiger partial charge in [0.2, 0.25) is 15.9 Å². The van der Waals surface area contributed by atoms with E-state index in [1.54, 1.807) is 24.3 Å². The van der Waals surface area contributed by atoms with Gasteiger partial charge in [-0.25, -0.2) is 13.1 Å². The van der Waals surface area contributed by atoms with Gasteiger partial charge in [0, 0.05) is 23.6 Å². The summed E-state index contributed by atoms with van der Waals surface area (Å²) in [7, 11) is -3.54. The third-order valence-electron chi connectivity index (χ3n) is 4.49. The van der Waals surface area contributed by atoms with Crippen LogP contribution in [0, 0.1) is 0 Å². The van der Waals surface area contributed by atoms with E-state index in [0.717, 1.165) is 10.0 Å². The van der Waals surface area contributed by atoms with Crippen molar-refractivity contribution in [2.24, 2.45) is 0 Å². The Balaban J connectivity index is 1.53. The molecule has 0 aromatic heterocycles. The largest absolute Gasteiger partial charge is 0.342 e. The van der Waals surface area contributed by atoms with Gasteiger partial charge in [0.05, 0.1) is 11.3 Å². The average molecular weight is 437 g/mol. The highest BCUT2D eigenvalue weighted by molar-refractivity contribution is 9.10. The predicted octanol–water partition coefficient (Wildman–Crippen LogP) is 2.96. The van der Waals surface area contributed by atoms with Crippen LogP contribution >= 0.6 is 15.9 Å². The zero-order valence-electron chi connectivity index (χ0n) is 14.3. The lowest BCUT2D eigenvalue weighted by molar-refractivity contribution is -0.131. The minimum atomic E-state index is -3.54. The standard InChI is InChI=1S/C19H21BrN2O3S/c20-16-6-8-18(9-7-16)26(24,25)21-17-10-12-22(13-11-17)19(23)14-15-4-2-1-3-5-15/h1-9,17,21H,10-14H2. The van der Waals surface area contributed by atoms with Crippen LogP contribution in [0.25, 0.3) is 0 Å². The normalized spacial score (nSPS) is 15.8. The Bertz CT molecular complexity index is 846. The van der Waals surface area contributed by atoms with Crippen molar-refractivity contribution in [3.63, 3.8) is 0 Å². The Kier molecular flexibility index (Phi) is 6.11. The number of carbonyl (C=O) groups is 1. The van der Waals surface area contributed by atoms with Gasteiger partial charge in [-0.05, 0) is 42.7 Å². The maximum atomic E-state index is 12.5. The van der Waals surface area contributed by atoms with E-state index in [-0.39, 0.29) is 16.8 Å². The fourth-order valence-electron chi connectivity index (χ4n) is 3.03. The first kappa shape index (κ1) is 19.1. The highest BCUT2D eigenvalue weighted by atomic mass is 79.9. The van der Waals surface area contributed by atoms with E-state index in [9.17, 15) is 13.2 Å². The number of rotatable bonds is 5. The third kappa shape index (κ3) is 4.93. The van der Waals surface area contributed by atoms with Crippen LogP contribution in [0.2, 0.25) is 0 Å². The molecule has 138 valence electrons. The fraction of sp³-hybridized carbons (Fsp3) is 0.316. The van der Waals surface area contributed by atoms with E-state index >= 15 is 0 Å². The zero-order valence-corrected chi connectivity index (χ0v) is 16.7. The number of nitrogens with zero attached hydrogens (tertiary/aromatic N) is 1. The Labute approximate surface area is 162 Å². The number of sulfonamides is 1. The Morgan fingerprint density at radius 3 is 2.27 bits per heavy atom. The van der Waals surface area contributed by atoms with Crippen molar-refractivity contribution < 1.29 is 13.2 Å². The predicted molar refractivity (Wildman–Crippen MR) is 104 cm³/mol. The molecule has 0 atom stereocenters. The van der Waals surface area contributed by atoms with Gasteiger partial charge in [-0.2, -0.15) is 0 Å². The molecule has 2 aromatic rings. The van der Waals surface area contributed by atoms with Gasteiger partial charge >= 0.3 is 0 Å². The van der Waals surface area contributed by atoms with Crippen LogP contribution in [0.1, 0.15) is 18.4 Å². The molecule has 0 unspecified atom stereocenters. The van der Waals surface area contributed by atoms with Crippen molar-refractivity contribution in [2.45, 2.75) is 30.2 Å². The first-order chi connectivity index (χ1) is 12.4. The first-order valence-electron chi connectivity index (χ1n) is 8.54. The van der Waals surface area contributed by atoms with E-state index in [1.807, 2.05) is 35.2 Å². The summed E-state index contributed by atoms with van der Waals surface area (Å²) in [5, 5.41) is 0.